The van der Waals surface area contributed by atoms with Crippen molar-refractivity contribution < 1.29 is 13.3 Å². The van der Waals surface area contributed by atoms with Gasteiger partial charge in [-0.05, 0) is 30.7 Å². The monoisotopic (exact) mass is 304 g/mol. The van der Waals surface area contributed by atoms with E-state index >= 15 is 0 Å². The Kier molecular flexibility index (Phi) is 5.84. The van der Waals surface area contributed by atoms with Crippen LogP contribution < -0.4 is 0 Å². The summed E-state index contributed by atoms with van der Waals surface area (Å²) in [5, 5.41) is -0.674. The number of rotatable bonds is 6. The maximum atomic E-state index is 13.8. The summed E-state index contributed by atoms with van der Waals surface area (Å²) < 4.78 is 31.1. The van der Waals surface area contributed by atoms with Crippen molar-refractivity contribution in [1.82, 2.24) is 0 Å². The molecule has 0 spiro atoms. The highest BCUT2D eigenvalue weighted by Crippen LogP contribution is 2.16. The molecule has 0 saturated heterocycles. The molecule has 0 aliphatic carbocycles. The second-order valence-electron chi connectivity index (χ2n) is 4.59. The molecule has 0 aliphatic rings. The fourth-order valence-electron chi connectivity index (χ4n) is 1.73. The van der Waals surface area contributed by atoms with E-state index in [0.29, 0.717) is 11.5 Å². The van der Waals surface area contributed by atoms with Crippen LogP contribution in [0.15, 0.2) is 70.7 Å². The molecule has 0 fully saturated rings. The largest absolute Gasteiger partial charge is 0.373 e. The zero-order valence-corrected chi connectivity index (χ0v) is 12.6. The molecule has 2 aromatic carbocycles. The molecule has 0 heterocycles. The third-order valence-electron chi connectivity index (χ3n) is 2.89. The summed E-state index contributed by atoms with van der Waals surface area (Å²) in [6, 6.07) is 16.6. The predicted octanol–water partition coefficient (Wildman–Crippen LogP) is 4.13. The van der Waals surface area contributed by atoms with Gasteiger partial charge >= 0.3 is 0 Å². The normalized spacial score (nSPS) is 13.1. The fraction of sp³-hybridized carbons (Fsp3) is 0.176. The second kappa shape index (κ2) is 7.86. The van der Waals surface area contributed by atoms with E-state index in [9.17, 15) is 8.60 Å². The van der Waals surface area contributed by atoms with Crippen LogP contribution in [0.3, 0.4) is 0 Å². The Labute approximate surface area is 126 Å². The van der Waals surface area contributed by atoms with Crippen molar-refractivity contribution in [3.8, 4) is 0 Å². The molecule has 0 aliphatic heterocycles. The smallest absolute Gasteiger partial charge is 0.190 e. The molecule has 0 bridgehead atoms. The van der Waals surface area contributed by atoms with Crippen LogP contribution in [0, 0.1) is 6.92 Å². The van der Waals surface area contributed by atoms with Gasteiger partial charge in [0.05, 0.1) is 13.2 Å². The van der Waals surface area contributed by atoms with Gasteiger partial charge in [0.1, 0.15) is 10.8 Å². The minimum atomic E-state index is -1.77. The standard InChI is InChI=1S/C17H17FO2S/c1-14-7-9-16(10-8-14)21(19)17(18)11-12-20-13-15-5-3-2-4-6-15/h2-11H,12-13H2,1H3/b17-11+/t21-/m1/s1. The molecule has 2 aromatic rings. The Bertz CT molecular complexity index is 621. The van der Waals surface area contributed by atoms with Crippen LogP contribution in [-0.2, 0) is 22.1 Å². The molecular formula is C17H17FO2S. The Hall–Kier alpha value is -1.78. The van der Waals surface area contributed by atoms with Crippen LogP contribution in [0.25, 0.3) is 0 Å². The van der Waals surface area contributed by atoms with Crippen LogP contribution in [-0.4, -0.2) is 10.8 Å². The third kappa shape index (κ3) is 4.92. The van der Waals surface area contributed by atoms with Gasteiger partial charge in [-0.15, -0.1) is 0 Å². The van der Waals surface area contributed by atoms with E-state index in [4.69, 9.17) is 4.74 Å². The minimum absolute atomic E-state index is 0.0956. The Balaban J connectivity index is 1.86. The number of halogens is 1. The molecule has 110 valence electrons. The quantitative estimate of drug-likeness (QED) is 0.750. The summed E-state index contributed by atoms with van der Waals surface area (Å²) in [6.45, 7) is 2.43. The Morgan fingerprint density at radius 3 is 2.48 bits per heavy atom. The minimum Gasteiger partial charge on any atom is -0.373 e. The lowest BCUT2D eigenvalue weighted by atomic mass is 10.2. The lowest BCUT2D eigenvalue weighted by Gasteiger charge is -2.02. The molecule has 0 aromatic heterocycles. The van der Waals surface area contributed by atoms with E-state index in [0.717, 1.165) is 11.1 Å². The third-order valence-corrected chi connectivity index (χ3v) is 4.11. The molecule has 21 heavy (non-hydrogen) atoms. The Morgan fingerprint density at radius 1 is 1.14 bits per heavy atom. The zero-order chi connectivity index (χ0) is 15.1. The first kappa shape index (κ1) is 15.6. The van der Waals surface area contributed by atoms with E-state index < -0.39 is 16.0 Å². The highest BCUT2D eigenvalue weighted by molar-refractivity contribution is 7.88. The summed E-state index contributed by atoms with van der Waals surface area (Å²) in [6.07, 6.45) is 1.22. The Morgan fingerprint density at radius 2 is 1.81 bits per heavy atom. The average Bonchev–Trinajstić information content (AvgIpc) is 2.52. The molecule has 0 radical (unpaired) electrons. The highest BCUT2D eigenvalue weighted by atomic mass is 32.2. The van der Waals surface area contributed by atoms with Crippen molar-refractivity contribution >= 4 is 10.8 Å². The molecule has 2 rings (SSSR count). The molecule has 0 amide bonds. The average molecular weight is 304 g/mol. The van der Waals surface area contributed by atoms with Gasteiger partial charge in [-0.1, -0.05) is 48.0 Å². The number of hydrogen-bond acceptors (Lipinski definition) is 2. The maximum absolute atomic E-state index is 13.8. The number of aryl methyl sites for hydroxylation is 1. The van der Waals surface area contributed by atoms with Crippen molar-refractivity contribution in [2.75, 3.05) is 6.61 Å². The van der Waals surface area contributed by atoms with Gasteiger partial charge in [-0.3, -0.25) is 0 Å². The van der Waals surface area contributed by atoms with Crippen molar-refractivity contribution in [2.24, 2.45) is 0 Å². The molecule has 0 N–H and O–H groups in total. The van der Waals surface area contributed by atoms with Gasteiger partial charge in [0.25, 0.3) is 0 Å². The van der Waals surface area contributed by atoms with E-state index in [1.807, 2.05) is 49.4 Å². The SMILES string of the molecule is Cc1ccc([S@@](=O)/C(F)=C/COCc2ccccc2)cc1. The van der Waals surface area contributed by atoms with Gasteiger partial charge in [0.2, 0.25) is 0 Å². The van der Waals surface area contributed by atoms with Gasteiger partial charge in [0, 0.05) is 4.90 Å². The summed E-state index contributed by atoms with van der Waals surface area (Å²) in [5.74, 6) is 0. The number of benzene rings is 2. The van der Waals surface area contributed by atoms with E-state index in [1.165, 1.54) is 6.08 Å². The predicted molar refractivity (Wildman–Crippen MR) is 82.9 cm³/mol. The summed E-state index contributed by atoms with van der Waals surface area (Å²) in [7, 11) is -1.77. The second-order valence-corrected chi connectivity index (χ2v) is 5.99. The fourth-order valence-corrected chi connectivity index (χ4v) is 2.55. The summed E-state index contributed by atoms with van der Waals surface area (Å²) in [5.41, 5.74) is 2.07. The highest BCUT2D eigenvalue weighted by Gasteiger charge is 2.09. The number of ether oxygens (including phenoxy) is 1. The van der Waals surface area contributed by atoms with Crippen molar-refractivity contribution in [3.63, 3.8) is 0 Å². The van der Waals surface area contributed by atoms with Crippen LogP contribution in [0.1, 0.15) is 11.1 Å². The maximum Gasteiger partial charge on any atom is 0.190 e. The van der Waals surface area contributed by atoms with Gasteiger partial charge in [-0.2, -0.15) is 4.39 Å². The molecular weight excluding hydrogens is 287 g/mol. The molecule has 2 nitrogen and oxygen atoms in total. The summed E-state index contributed by atoms with van der Waals surface area (Å²) in [4.78, 5) is 0.456. The lowest BCUT2D eigenvalue weighted by Crippen LogP contribution is -1.96. The first-order valence-electron chi connectivity index (χ1n) is 6.62. The van der Waals surface area contributed by atoms with Crippen LogP contribution in [0.4, 0.5) is 4.39 Å². The van der Waals surface area contributed by atoms with E-state index in [2.05, 4.69) is 0 Å². The van der Waals surface area contributed by atoms with Crippen LogP contribution in [0.5, 0.6) is 0 Å². The van der Waals surface area contributed by atoms with Crippen molar-refractivity contribution in [3.05, 3.63) is 77.0 Å². The zero-order valence-electron chi connectivity index (χ0n) is 11.8. The van der Waals surface area contributed by atoms with Crippen molar-refractivity contribution in [2.45, 2.75) is 18.4 Å². The lowest BCUT2D eigenvalue weighted by molar-refractivity contribution is 0.148. The molecule has 0 unspecified atom stereocenters. The molecule has 4 heteroatoms. The van der Waals surface area contributed by atoms with Crippen LogP contribution >= 0.6 is 0 Å². The van der Waals surface area contributed by atoms with Crippen molar-refractivity contribution in [1.29, 1.82) is 0 Å². The number of hydrogen-bond donors (Lipinski definition) is 0. The van der Waals surface area contributed by atoms with Gasteiger partial charge < -0.3 is 4.74 Å². The molecule has 1 atom stereocenters. The van der Waals surface area contributed by atoms with Crippen LogP contribution in [0.2, 0.25) is 0 Å². The van der Waals surface area contributed by atoms with Gasteiger partial charge in [-0.25, -0.2) is 4.21 Å². The van der Waals surface area contributed by atoms with Gasteiger partial charge in [0.15, 0.2) is 5.16 Å². The van der Waals surface area contributed by atoms with E-state index in [1.54, 1.807) is 12.1 Å². The topological polar surface area (TPSA) is 26.3 Å². The summed E-state index contributed by atoms with van der Waals surface area (Å²) >= 11 is 0. The first-order valence-corrected chi connectivity index (χ1v) is 7.77. The van der Waals surface area contributed by atoms with E-state index in [-0.39, 0.29) is 6.61 Å². The molecule has 0 saturated carbocycles. The first-order chi connectivity index (χ1) is 10.2.